The summed E-state index contributed by atoms with van der Waals surface area (Å²) in [4.78, 5) is 19.3. The fraction of sp³-hybridized carbons (Fsp3) is 0.462. The number of piperidine rings is 1. The van der Waals surface area contributed by atoms with Crippen LogP contribution in [0.2, 0.25) is 0 Å². The lowest BCUT2D eigenvalue weighted by atomic mass is 10.1. The van der Waals surface area contributed by atoms with Crippen molar-refractivity contribution < 1.29 is 0 Å². The van der Waals surface area contributed by atoms with Crippen molar-refractivity contribution in [1.82, 2.24) is 14.8 Å². The fourth-order valence-corrected chi connectivity index (χ4v) is 3.08. The molecule has 0 bridgehead atoms. The van der Waals surface area contributed by atoms with Gasteiger partial charge in [-0.3, -0.25) is 4.79 Å². The fourth-order valence-electron chi connectivity index (χ4n) is 2.41. The average molecular weight is 291 g/mol. The number of anilines is 2. The Morgan fingerprint density at radius 3 is 2.70 bits per heavy atom. The van der Waals surface area contributed by atoms with Gasteiger partial charge in [-0.2, -0.15) is 5.10 Å². The predicted molar refractivity (Wildman–Crippen MR) is 80.2 cm³/mol. The number of rotatable bonds is 3. The SMILES string of the molecule is Nc1ncc(Cn2ncc(N3CCCCC3)cc2=O)s1. The quantitative estimate of drug-likeness (QED) is 0.923. The summed E-state index contributed by atoms with van der Waals surface area (Å²) < 4.78 is 1.44. The van der Waals surface area contributed by atoms with Crippen LogP contribution in [0, 0.1) is 0 Å². The van der Waals surface area contributed by atoms with Crippen LogP contribution in [-0.4, -0.2) is 27.9 Å². The van der Waals surface area contributed by atoms with E-state index in [1.807, 2.05) is 0 Å². The van der Waals surface area contributed by atoms with Crippen molar-refractivity contribution in [2.24, 2.45) is 0 Å². The maximum atomic E-state index is 12.1. The molecule has 1 saturated heterocycles. The first-order valence-electron chi connectivity index (χ1n) is 6.75. The van der Waals surface area contributed by atoms with Crippen molar-refractivity contribution in [1.29, 1.82) is 0 Å². The zero-order valence-corrected chi connectivity index (χ0v) is 12.0. The minimum Gasteiger partial charge on any atom is -0.375 e. The van der Waals surface area contributed by atoms with Crippen LogP contribution in [0.3, 0.4) is 0 Å². The summed E-state index contributed by atoms with van der Waals surface area (Å²) in [5.41, 5.74) is 6.43. The summed E-state index contributed by atoms with van der Waals surface area (Å²) in [5, 5.41) is 4.77. The van der Waals surface area contributed by atoms with Gasteiger partial charge in [0.05, 0.1) is 18.4 Å². The monoisotopic (exact) mass is 291 g/mol. The van der Waals surface area contributed by atoms with Gasteiger partial charge >= 0.3 is 0 Å². The van der Waals surface area contributed by atoms with Crippen molar-refractivity contribution in [3.63, 3.8) is 0 Å². The highest BCUT2D eigenvalue weighted by atomic mass is 32.1. The Kier molecular flexibility index (Phi) is 3.68. The third-order valence-corrected chi connectivity index (χ3v) is 4.26. The minimum atomic E-state index is -0.0833. The highest BCUT2D eigenvalue weighted by molar-refractivity contribution is 7.15. The van der Waals surface area contributed by atoms with E-state index in [0.717, 1.165) is 23.7 Å². The molecule has 2 aromatic rings. The number of hydrogen-bond donors (Lipinski definition) is 1. The van der Waals surface area contributed by atoms with Crippen LogP contribution in [0.25, 0.3) is 0 Å². The molecule has 0 aromatic carbocycles. The average Bonchev–Trinajstić information content (AvgIpc) is 2.87. The van der Waals surface area contributed by atoms with E-state index >= 15 is 0 Å². The molecule has 3 heterocycles. The first-order chi connectivity index (χ1) is 9.72. The van der Waals surface area contributed by atoms with E-state index in [1.165, 1.54) is 35.3 Å². The first-order valence-corrected chi connectivity index (χ1v) is 7.56. The van der Waals surface area contributed by atoms with E-state index in [4.69, 9.17) is 5.73 Å². The van der Waals surface area contributed by atoms with Crippen LogP contribution in [0.1, 0.15) is 24.1 Å². The Bertz CT molecular complexity index is 644. The number of nitrogens with two attached hydrogens (primary N) is 1. The van der Waals surface area contributed by atoms with E-state index in [2.05, 4.69) is 15.0 Å². The van der Waals surface area contributed by atoms with Gasteiger partial charge in [0, 0.05) is 30.2 Å². The standard InChI is InChI=1S/C13H17N5OS/c14-13-15-8-11(20-13)9-18-12(19)6-10(7-16-18)17-4-2-1-3-5-17/h6-8H,1-5,9H2,(H2,14,15). The molecule has 0 aliphatic carbocycles. The second kappa shape index (κ2) is 5.62. The molecule has 106 valence electrons. The summed E-state index contributed by atoms with van der Waals surface area (Å²) in [5.74, 6) is 0. The largest absolute Gasteiger partial charge is 0.375 e. The van der Waals surface area contributed by atoms with Crippen LogP contribution < -0.4 is 16.2 Å². The lowest BCUT2D eigenvalue weighted by Gasteiger charge is -2.28. The number of nitrogens with zero attached hydrogens (tertiary/aromatic N) is 4. The Morgan fingerprint density at radius 1 is 1.25 bits per heavy atom. The molecule has 3 rings (SSSR count). The van der Waals surface area contributed by atoms with E-state index in [-0.39, 0.29) is 5.56 Å². The highest BCUT2D eigenvalue weighted by Gasteiger charge is 2.12. The van der Waals surface area contributed by atoms with Gasteiger partial charge in [0.2, 0.25) is 0 Å². The zero-order chi connectivity index (χ0) is 13.9. The number of aromatic nitrogens is 3. The Balaban J connectivity index is 1.78. The van der Waals surface area contributed by atoms with Crippen LogP contribution in [0.15, 0.2) is 23.3 Å². The topological polar surface area (TPSA) is 77.0 Å². The molecule has 0 unspecified atom stereocenters. The number of hydrogen-bond acceptors (Lipinski definition) is 6. The third-order valence-electron chi connectivity index (χ3n) is 3.45. The van der Waals surface area contributed by atoms with Crippen LogP contribution >= 0.6 is 11.3 Å². The number of thiazole rings is 1. The molecule has 1 aliphatic heterocycles. The van der Waals surface area contributed by atoms with Crippen LogP contribution in [-0.2, 0) is 6.54 Å². The second-order valence-electron chi connectivity index (χ2n) is 4.92. The van der Waals surface area contributed by atoms with Gasteiger partial charge in [-0.05, 0) is 19.3 Å². The summed E-state index contributed by atoms with van der Waals surface area (Å²) in [6.07, 6.45) is 7.10. The van der Waals surface area contributed by atoms with Crippen molar-refractivity contribution in [3.8, 4) is 0 Å². The molecule has 2 aromatic heterocycles. The molecule has 20 heavy (non-hydrogen) atoms. The van der Waals surface area contributed by atoms with Gasteiger partial charge in [-0.15, -0.1) is 11.3 Å². The Labute approximate surface area is 120 Å². The van der Waals surface area contributed by atoms with E-state index in [0.29, 0.717) is 11.7 Å². The van der Waals surface area contributed by atoms with Gasteiger partial charge in [0.1, 0.15) is 0 Å². The van der Waals surface area contributed by atoms with Gasteiger partial charge in [-0.25, -0.2) is 9.67 Å². The second-order valence-corrected chi connectivity index (χ2v) is 6.07. The normalized spacial score (nSPS) is 15.5. The predicted octanol–water partition coefficient (Wildman–Crippen LogP) is 1.32. The molecule has 7 heteroatoms. The minimum absolute atomic E-state index is 0.0833. The molecule has 6 nitrogen and oxygen atoms in total. The van der Waals surface area contributed by atoms with Crippen LogP contribution in [0.5, 0.6) is 0 Å². The molecule has 2 N–H and O–H groups in total. The van der Waals surface area contributed by atoms with Gasteiger partial charge in [0.25, 0.3) is 5.56 Å². The molecule has 1 aliphatic rings. The Morgan fingerprint density at radius 2 is 2.05 bits per heavy atom. The van der Waals surface area contributed by atoms with Crippen LogP contribution in [0.4, 0.5) is 10.8 Å². The molecule has 0 amide bonds. The van der Waals surface area contributed by atoms with E-state index in [9.17, 15) is 4.79 Å². The molecule has 0 radical (unpaired) electrons. The smallest absolute Gasteiger partial charge is 0.269 e. The highest BCUT2D eigenvalue weighted by Crippen LogP contribution is 2.18. The van der Waals surface area contributed by atoms with Gasteiger partial charge in [-0.1, -0.05) is 0 Å². The van der Waals surface area contributed by atoms with Crippen molar-refractivity contribution in [2.45, 2.75) is 25.8 Å². The van der Waals surface area contributed by atoms with E-state index < -0.39 is 0 Å². The summed E-state index contributed by atoms with van der Waals surface area (Å²) >= 11 is 1.38. The zero-order valence-electron chi connectivity index (χ0n) is 11.2. The van der Waals surface area contributed by atoms with Gasteiger partial charge in [0.15, 0.2) is 5.13 Å². The maximum absolute atomic E-state index is 12.1. The van der Waals surface area contributed by atoms with Gasteiger partial charge < -0.3 is 10.6 Å². The lowest BCUT2D eigenvalue weighted by molar-refractivity contribution is 0.572. The van der Waals surface area contributed by atoms with Crippen molar-refractivity contribution in [2.75, 3.05) is 23.7 Å². The molecule has 0 spiro atoms. The first kappa shape index (κ1) is 13.1. The summed E-state index contributed by atoms with van der Waals surface area (Å²) in [6.45, 7) is 2.45. The third kappa shape index (κ3) is 2.82. The maximum Gasteiger partial charge on any atom is 0.269 e. The number of nitrogen functional groups attached to an aromatic ring is 1. The summed E-state index contributed by atoms with van der Waals surface area (Å²) in [7, 11) is 0. The molecule has 1 fully saturated rings. The summed E-state index contributed by atoms with van der Waals surface area (Å²) in [6, 6.07) is 1.67. The molecular weight excluding hydrogens is 274 g/mol. The lowest BCUT2D eigenvalue weighted by Crippen LogP contribution is -2.32. The molecule has 0 atom stereocenters. The van der Waals surface area contributed by atoms with Crippen molar-refractivity contribution in [3.05, 3.63) is 33.7 Å². The van der Waals surface area contributed by atoms with Crippen molar-refractivity contribution >= 4 is 22.2 Å². The van der Waals surface area contributed by atoms with E-state index in [1.54, 1.807) is 18.5 Å². The molecule has 0 saturated carbocycles. The molecular formula is C13H17N5OS. The Hall–Kier alpha value is -1.89.